The average Bonchev–Trinajstić information content (AvgIpc) is 2.88. The molecule has 2 aromatic heterocycles. The highest BCUT2D eigenvalue weighted by molar-refractivity contribution is 7.20. The highest BCUT2D eigenvalue weighted by Crippen LogP contribution is 2.24. The van der Waals surface area contributed by atoms with Gasteiger partial charge in [-0.25, -0.2) is 0 Å². The molecule has 0 bridgehead atoms. The Labute approximate surface area is 121 Å². The second-order valence-corrected chi connectivity index (χ2v) is 5.94. The fourth-order valence-electron chi connectivity index (χ4n) is 2.30. The Bertz CT molecular complexity index is 583. The van der Waals surface area contributed by atoms with Crippen molar-refractivity contribution in [2.24, 2.45) is 0 Å². The van der Waals surface area contributed by atoms with Crippen LogP contribution in [0.4, 0.5) is 0 Å². The molecular formula is C13H16BNO4S. The number of ether oxygens (including phenoxy) is 2. The van der Waals surface area contributed by atoms with Gasteiger partial charge in [-0.1, -0.05) is 0 Å². The minimum absolute atomic E-state index is 0.121. The van der Waals surface area contributed by atoms with Crippen molar-refractivity contribution in [2.45, 2.75) is 32.2 Å². The number of hydrogen-bond donors (Lipinski definition) is 2. The van der Waals surface area contributed by atoms with Gasteiger partial charge in [-0.05, 0) is 31.4 Å². The predicted molar refractivity (Wildman–Crippen MR) is 77.8 cm³/mol. The number of fused-ring (bicyclic) bond motifs is 1. The second-order valence-electron chi connectivity index (χ2n) is 4.81. The molecule has 2 aromatic rings. The summed E-state index contributed by atoms with van der Waals surface area (Å²) < 4.78 is 12.1. The average molecular weight is 293 g/mol. The van der Waals surface area contributed by atoms with Crippen LogP contribution in [0.5, 0.6) is 0 Å². The summed E-state index contributed by atoms with van der Waals surface area (Å²) in [5.41, 5.74) is 1.25. The maximum Gasteiger partial charge on any atom is 0.490 e. The molecule has 1 aliphatic heterocycles. The summed E-state index contributed by atoms with van der Waals surface area (Å²) in [7, 11) is -1.48. The molecule has 3 heterocycles. The number of hydrogen-bond acceptors (Lipinski definition) is 6. The van der Waals surface area contributed by atoms with E-state index in [2.05, 4.69) is 4.98 Å². The fraction of sp³-hybridized carbons (Fsp3) is 0.462. The van der Waals surface area contributed by atoms with Crippen molar-refractivity contribution < 1.29 is 19.5 Å². The first-order chi connectivity index (χ1) is 9.74. The number of aromatic nitrogens is 1. The molecule has 1 atom stereocenters. The molecule has 0 aliphatic carbocycles. The minimum Gasteiger partial charge on any atom is -0.423 e. The van der Waals surface area contributed by atoms with Crippen LogP contribution in [-0.4, -0.2) is 35.0 Å². The van der Waals surface area contributed by atoms with Crippen molar-refractivity contribution in [3.63, 3.8) is 0 Å². The van der Waals surface area contributed by atoms with Gasteiger partial charge in [0.05, 0.1) is 16.8 Å². The molecule has 1 unspecified atom stereocenters. The standard InChI is InChI=1S/C13H16BNO4S/c16-14(17)10-4-5-15-11-7-9(20-13(10)11)8-19-12-3-1-2-6-18-12/h4-5,7,12,16-17H,1-3,6,8H2. The van der Waals surface area contributed by atoms with E-state index in [4.69, 9.17) is 9.47 Å². The maximum atomic E-state index is 9.35. The van der Waals surface area contributed by atoms with E-state index in [9.17, 15) is 10.0 Å². The van der Waals surface area contributed by atoms with E-state index < -0.39 is 7.12 Å². The second kappa shape index (κ2) is 6.20. The molecule has 0 amide bonds. The molecule has 0 saturated carbocycles. The fourth-order valence-corrected chi connectivity index (χ4v) is 3.37. The minimum atomic E-state index is -1.48. The predicted octanol–water partition coefficient (Wildman–Crippen LogP) is 1.02. The van der Waals surface area contributed by atoms with Crippen molar-refractivity contribution in [1.82, 2.24) is 4.98 Å². The molecule has 0 spiro atoms. The van der Waals surface area contributed by atoms with Crippen LogP contribution in [0, 0.1) is 0 Å². The van der Waals surface area contributed by atoms with Crippen LogP contribution in [0.3, 0.4) is 0 Å². The molecule has 1 aliphatic rings. The topological polar surface area (TPSA) is 71.8 Å². The lowest BCUT2D eigenvalue weighted by atomic mass is 9.81. The monoisotopic (exact) mass is 293 g/mol. The number of rotatable bonds is 4. The summed E-state index contributed by atoms with van der Waals surface area (Å²) in [5.74, 6) is 0. The number of nitrogens with zero attached hydrogens (tertiary/aromatic N) is 1. The van der Waals surface area contributed by atoms with Crippen LogP contribution in [0.15, 0.2) is 18.3 Å². The van der Waals surface area contributed by atoms with E-state index in [1.165, 1.54) is 11.3 Å². The zero-order chi connectivity index (χ0) is 13.9. The smallest absolute Gasteiger partial charge is 0.423 e. The largest absolute Gasteiger partial charge is 0.490 e. The highest BCUT2D eigenvalue weighted by atomic mass is 32.1. The number of pyridine rings is 1. The molecule has 3 rings (SSSR count). The molecule has 0 aromatic carbocycles. The van der Waals surface area contributed by atoms with Gasteiger partial charge < -0.3 is 19.5 Å². The molecular weight excluding hydrogens is 277 g/mol. The van der Waals surface area contributed by atoms with Crippen molar-refractivity contribution in [3.8, 4) is 0 Å². The molecule has 1 fully saturated rings. The first-order valence-electron chi connectivity index (χ1n) is 6.71. The third-order valence-electron chi connectivity index (χ3n) is 3.32. The van der Waals surface area contributed by atoms with E-state index in [0.717, 1.165) is 41.0 Å². The van der Waals surface area contributed by atoms with E-state index in [1.54, 1.807) is 12.3 Å². The lowest BCUT2D eigenvalue weighted by Crippen LogP contribution is -2.29. The third kappa shape index (κ3) is 3.02. The summed E-state index contributed by atoms with van der Waals surface area (Å²) >= 11 is 1.48. The molecule has 5 nitrogen and oxygen atoms in total. The quantitative estimate of drug-likeness (QED) is 0.824. The molecule has 0 radical (unpaired) electrons. The Kier molecular flexibility index (Phi) is 4.33. The third-order valence-corrected chi connectivity index (χ3v) is 4.47. The lowest BCUT2D eigenvalue weighted by Gasteiger charge is -2.22. The van der Waals surface area contributed by atoms with Crippen LogP contribution in [-0.2, 0) is 16.1 Å². The van der Waals surface area contributed by atoms with E-state index in [1.807, 2.05) is 6.07 Å². The van der Waals surface area contributed by atoms with Gasteiger partial charge in [-0.3, -0.25) is 4.98 Å². The summed E-state index contributed by atoms with van der Waals surface area (Å²) in [5, 5.41) is 18.7. The van der Waals surface area contributed by atoms with E-state index in [0.29, 0.717) is 12.1 Å². The van der Waals surface area contributed by atoms with Crippen molar-refractivity contribution in [3.05, 3.63) is 23.2 Å². The summed E-state index contributed by atoms with van der Waals surface area (Å²) in [6, 6.07) is 3.55. The Morgan fingerprint density at radius 1 is 1.45 bits per heavy atom. The normalized spacial score (nSPS) is 19.4. The van der Waals surface area contributed by atoms with E-state index >= 15 is 0 Å². The van der Waals surface area contributed by atoms with Gasteiger partial charge in [0.1, 0.15) is 0 Å². The number of thiophene rings is 1. The zero-order valence-corrected chi connectivity index (χ0v) is 11.8. The molecule has 7 heteroatoms. The Morgan fingerprint density at radius 3 is 3.10 bits per heavy atom. The Hall–Kier alpha value is -0.985. The van der Waals surface area contributed by atoms with Gasteiger partial charge in [0.2, 0.25) is 0 Å². The SMILES string of the molecule is OB(O)c1ccnc2cc(COC3CCCCO3)sc12. The van der Waals surface area contributed by atoms with Gasteiger partial charge in [-0.2, -0.15) is 0 Å². The Balaban J connectivity index is 1.73. The molecule has 20 heavy (non-hydrogen) atoms. The highest BCUT2D eigenvalue weighted by Gasteiger charge is 2.18. The van der Waals surface area contributed by atoms with Crippen LogP contribution in [0.2, 0.25) is 0 Å². The lowest BCUT2D eigenvalue weighted by molar-refractivity contribution is -0.168. The van der Waals surface area contributed by atoms with Crippen LogP contribution < -0.4 is 5.46 Å². The summed E-state index contributed by atoms with van der Waals surface area (Å²) in [6.07, 6.45) is 4.64. The van der Waals surface area contributed by atoms with Crippen LogP contribution in [0.1, 0.15) is 24.1 Å². The van der Waals surface area contributed by atoms with Gasteiger partial charge in [0, 0.05) is 23.1 Å². The van der Waals surface area contributed by atoms with Crippen molar-refractivity contribution in [2.75, 3.05) is 6.61 Å². The molecule has 106 valence electrons. The van der Waals surface area contributed by atoms with Crippen LogP contribution >= 0.6 is 11.3 Å². The Morgan fingerprint density at radius 2 is 2.35 bits per heavy atom. The summed E-state index contributed by atoms with van der Waals surface area (Å²) in [6.45, 7) is 1.23. The first-order valence-corrected chi connectivity index (χ1v) is 7.52. The summed E-state index contributed by atoms with van der Waals surface area (Å²) in [4.78, 5) is 5.25. The van der Waals surface area contributed by atoms with Gasteiger partial charge in [0.25, 0.3) is 0 Å². The van der Waals surface area contributed by atoms with Gasteiger partial charge in [0.15, 0.2) is 6.29 Å². The van der Waals surface area contributed by atoms with Crippen molar-refractivity contribution in [1.29, 1.82) is 0 Å². The van der Waals surface area contributed by atoms with Gasteiger partial charge in [-0.15, -0.1) is 11.3 Å². The zero-order valence-electron chi connectivity index (χ0n) is 11.0. The molecule has 2 N–H and O–H groups in total. The first kappa shape index (κ1) is 14.0. The van der Waals surface area contributed by atoms with Gasteiger partial charge >= 0.3 is 7.12 Å². The van der Waals surface area contributed by atoms with Crippen molar-refractivity contribution >= 4 is 34.1 Å². The molecule has 1 saturated heterocycles. The van der Waals surface area contributed by atoms with E-state index in [-0.39, 0.29) is 6.29 Å². The maximum absolute atomic E-state index is 9.35. The van der Waals surface area contributed by atoms with Crippen LogP contribution in [0.25, 0.3) is 10.2 Å².